The summed E-state index contributed by atoms with van der Waals surface area (Å²) >= 11 is 0. The van der Waals surface area contributed by atoms with E-state index in [0.29, 0.717) is 0 Å². The second-order valence-corrected chi connectivity index (χ2v) is 5.73. The van der Waals surface area contributed by atoms with Gasteiger partial charge in [0.2, 0.25) is 5.91 Å². The Hall–Kier alpha value is -1.35. The Labute approximate surface area is 122 Å². The molecule has 0 saturated carbocycles. The van der Waals surface area contributed by atoms with Crippen molar-refractivity contribution in [2.45, 2.75) is 52.5 Å². The van der Waals surface area contributed by atoms with Crippen molar-refractivity contribution in [3.8, 4) is 0 Å². The Balaban J connectivity index is 2.28. The van der Waals surface area contributed by atoms with Gasteiger partial charge >= 0.3 is 0 Å². The maximum atomic E-state index is 12.9. The summed E-state index contributed by atoms with van der Waals surface area (Å²) in [7, 11) is 0. The van der Waals surface area contributed by atoms with Crippen molar-refractivity contribution in [1.29, 1.82) is 0 Å². The average Bonchev–Trinajstić information content (AvgIpc) is 2.46. The molecule has 1 amide bonds. The maximum Gasteiger partial charge on any atom is 0.244 e. The summed E-state index contributed by atoms with van der Waals surface area (Å²) in [6, 6.07) is 6.23. The molecule has 0 radical (unpaired) electrons. The number of nitrogens with zero attached hydrogens (tertiary/aromatic N) is 1. The van der Waals surface area contributed by atoms with Crippen LogP contribution in [0.3, 0.4) is 0 Å². The Morgan fingerprint density at radius 1 is 1.30 bits per heavy atom. The van der Waals surface area contributed by atoms with E-state index in [4.69, 9.17) is 0 Å². The molecule has 0 unspecified atom stereocenters. The van der Waals surface area contributed by atoms with Gasteiger partial charge in [0.25, 0.3) is 0 Å². The van der Waals surface area contributed by atoms with Gasteiger partial charge in [0.05, 0.1) is 6.04 Å². The van der Waals surface area contributed by atoms with E-state index in [-0.39, 0.29) is 11.9 Å². The lowest BCUT2D eigenvalue weighted by Gasteiger charge is -2.31. The number of carbonyl (C=O) groups is 1. The number of benzene rings is 1. The molecule has 20 heavy (non-hydrogen) atoms. The predicted molar refractivity (Wildman–Crippen MR) is 84.2 cm³/mol. The molecule has 1 atom stereocenters. The van der Waals surface area contributed by atoms with Crippen LogP contribution in [0.5, 0.6) is 0 Å². The molecule has 1 aliphatic heterocycles. The van der Waals surface area contributed by atoms with Crippen LogP contribution in [0.1, 0.15) is 43.7 Å². The lowest BCUT2D eigenvalue weighted by Crippen LogP contribution is -2.49. The summed E-state index contributed by atoms with van der Waals surface area (Å²) in [4.78, 5) is 14.9. The SMILES string of the molecule is CCCN(C(=O)[C@H]1CCCCN1)c1c(C)cccc1C. The first-order valence-corrected chi connectivity index (χ1v) is 7.76. The largest absolute Gasteiger partial charge is 0.311 e. The Bertz CT molecular complexity index is 444. The van der Waals surface area contributed by atoms with E-state index < -0.39 is 0 Å². The minimum Gasteiger partial charge on any atom is -0.311 e. The summed E-state index contributed by atoms with van der Waals surface area (Å²) in [5, 5.41) is 3.38. The highest BCUT2D eigenvalue weighted by Gasteiger charge is 2.27. The zero-order valence-corrected chi connectivity index (χ0v) is 12.9. The fourth-order valence-electron chi connectivity index (χ4n) is 3.04. The molecule has 1 saturated heterocycles. The first-order chi connectivity index (χ1) is 9.65. The zero-order valence-electron chi connectivity index (χ0n) is 12.9. The van der Waals surface area contributed by atoms with Gasteiger partial charge in [0.1, 0.15) is 0 Å². The fourth-order valence-corrected chi connectivity index (χ4v) is 3.04. The van der Waals surface area contributed by atoms with E-state index in [1.807, 2.05) is 4.90 Å². The molecule has 3 heteroatoms. The molecule has 1 aromatic carbocycles. The number of aryl methyl sites for hydroxylation is 2. The molecule has 1 N–H and O–H groups in total. The lowest BCUT2D eigenvalue weighted by atomic mass is 10.0. The zero-order chi connectivity index (χ0) is 14.5. The molecule has 1 aliphatic rings. The van der Waals surface area contributed by atoms with Gasteiger partial charge in [-0.1, -0.05) is 31.5 Å². The molecular formula is C17H26N2O. The number of para-hydroxylation sites is 1. The second kappa shape index (κ2) is 6.89. The molecule has 2 rings (SSSR count). The highest BCUT2D eigenvalue weighted by atomic mass is 16.2. The number of nitrogens with one attached hydrogen (secondary N) is 1. The Kier molecular flexibility index (Phi) is 5.18. The molecule has 3 nitrogen and oxygen atoms in total. The first kappa shape index (κ1) is 15.0. The standard InChI is InChI=1S/C17H26N2O/c1-4-12-19(16-13(2)8-7-9-14(16)3)17(20)15-10-5-6-11-18-15/h7-9,15,18H,4-6,10-12H2,1-3H3/t15-/m1/s1. The minimum atomic E-state index is -0.00527. The molecule has 110 valence electrons. The highest BCUT2D eigenvalue weighted by Crippen LogP contribution is 2.26. The Morgan fingerprint density at radius 2 is 2.00 bits per heavy atom. The van der Waals surface area contributed by atoms with Gasteiger partial charge in [-0.15, -0.1) is 0 Å². The highest BCUT2D eigenvalue weighted by molar-refractivity contribution is 5.98. The smallest absolute Gasteiger partial charge is 0.244 e. The number of hydrogen-bond acceptors (Lipinski definition) is 2. The van der Waals surface area contributed by atoms with Crippen LogP contribution in [0.2, 0.25) is 0 Å². The number of carbonyl (C=O) groups excluding carboxylic acids is 1. The van der Waals surface area contributed by atoms with Crippen molar-refractivity contribution in [2.75, 3.05) is 18.0 Å². The summed E-state index contributed by atoms with van der Waals surface area (Å²) in [5.74, 6) is 0.240. The van der Waals surface area contributed by atoms with Gasteiger partial charge < -0.3 is 10.2 Å². The van der Waals surface area contributed by atoms with Crippen LogP contribution in [0.4, 0.5) is 5.69 Å². The molecule has 0 aromatic heterocycles. The molecule has 0 spiro atoms. The number of piperidine rings is 1. The van der Waals surface area contributed by atoms with Crippen molar-refractivity contribution in [2.24, 2.45) is 0 Å². The molecule has 0 aliphatic carbocycles. The third-order valence-electron chi connectivity index (χ3n) is 4.03. The van der Waals surface area contributed by atoms with Crippen LogP contribution in [0.15, 0.2) is 18.2 Å². The van der Waals surface area contributed by atoms with Crippen LogP contribution in [-0.2, 0) is 4.79 Å². The van der Waals surface area contributed by atoms with Crippen molar-refractivity contribution < 1.29 is 4.79 Å². The van der Waals surface area contributed by atoms with E-state index in [2.05, 4.69) is 44.3 Å². The predicted octanol–water partition coefficient (Wildman–Crippen LogP) is 3.19. The average molecular weight is 274 g/mol. The number of rotatable bonds is 4. The van der Waals surface area contributed by atoms with E-state index in [9.17, 15) is 4.79 Å². The van der Waals surface area contributed by atoms with E-state index in [1.54, 1.807) is 0 Å². The van der Waals surface area contributed by atoms with Crippen LogP contribution in [-0.4, -0.2) is 25.0 Å². The van der Waals surface area contributed by atoms with Crippen LogP contribution in [0.25, 0.3) is 0 Å². The van der Waals surface area contributed by atoms with Gasteiger partial charge in [0, 0.05) is 12.2 Å². The number of amides is 1. The number of hydrogen-bond donors (Lipinski definition) is 1. The molecule has 1 aromatic rings. The van der Waals surface area contributed by atoms with Crippen molar-refractivity contribution >= 4 is 11.6 Å². The van der Waals surface area contributed by atoms with Gasteiger partial charge in [-0.25, -0.2) is 0 Å². The Morgan fingerprint density at radius 3 is 2.55 bits per heavy atom. The first-order valence-electron chi connectivity index (χ1n) is 7.76. The van der Waals surface area contributed by atoms with Crippen molar-refractivity contribution in [3.63, 3.8) is 0 Å². The minimum absolute atomic E-state index is 0.00527. The van der Waals surface area contributed by atoms with Crippen molar-refractivity contribution in [1.82, 2.24) is 5.32 Å². The monoisotopic (exact) mass is 274 g/mol. The van der Waals surface area contributed by atoms with Gasteiger partial charge in [0.15, 0.2) is 0 Å². The molecular weight excluding hydrogens is 248 g/mol. The fraction of sp³-hybridized carbons (Fsp3) is 0.588. The quantitative estimate of drug-likeness (QED) is 0.914. The van der Waals surface area contributed by atoms with E-state index in [1.165, 1.54) is 17.5 Å². The summed E-state index contributed by atoms with van der Waals surface area (Å²) < 4.78 is 0. The molecule has 0 bridgehead atoms. The van der Waals surface area contributed by atoms with E-state index >= 15 is 0 Å². The van der Waals surface area contributed by atoms with Crippen LogP contribution < -0.4 is 10.2 Å². The van der Waals surface area contributed by atoms with Crippen molar-refractivity contribution in [3.05, 3.63) is 29.3 Å². The summed E-state index contributed by atoms with van der Waals surface area (Å²) in [6.07, 6.45) is 4.27. The summed E-state index contributed by atoms with van der Waals surface area (Å²) in [6.45, 7) is 8.06. The lowest BCUT2D eigenvalue weighted by molar-refractivity contribution is -0.121. The van der Waals surface area contributed by atoms with Gasteiger partial charge in [-0.2, -0.15) is 0 Å². The maximum absolute atomic E-state index is 12.9. The van der Waals surface area contributed by atoms with Gasteiger partial charge in [-0.3, -0.25) is 4.79 Å². The molecule has 1 heterocycles. The normalized spacial score (nSPS) is 18.9. The molecule has 1 fully saturated rings. The van der Waals surface area contributed by atoms with E-state index in [0.717, 1.165) is 38.0 Å². The number of anilines is 1. The van der Waals surface area contributed by atoms with Gasteiger partial charge in [-0.05, 0) is 50.8 Å². The van der Waals surface area contributed by atoms with Crippen LogP contribution in [0, 0.1) is 13.8 Å². The topological polar surface area (TPSA) is 32.3 Å². The second-order valence-electron chi connectivity index (χ2n) is 5.73. The third kappa shape index (κ3) is 3.21. The third-order valence-corrected chi connectivity index (χ3v) is 4.03. The summed E-state index contributed by atoms with van der Waals surface area (Å²) in [5.41, 5.74) is 3.47. The van der Waals surface area contributed by atoms with Crippen LogP contribution >= 0.6 is 0 Å².